The van der Waals surface area contributed by atoms with Crippen molar-refractivity contribution < 1.29 is 0 Å². The van der Waals surface area contributed by atoms with Gasteiger partial charge in [-0.15, -0.1) is 10.2 Å². The van der Waals surface area contributed by atoms with Crippen LogP contribution in [-0.4, -0.2) is 42.5 Å². The molecule has 3 aromatic rings. The van der Waals surface area contributed by atoms with Crippen LogP contribution in [0.5, 0.6) is 0 Å². The molecular formula is C24H32N6. The van der Waals surface area contributed by atoms with Gasteiger partial charge in [0, 0.05) is 37.7 Å². The summed E-state index contributed by atoms with van der Waals surface area (Å²) >= 11 is 0. The second kappa shape index (κ2) is 8.34. The number of hydrogen-bond donors (Lipinski definition) is 0. The van der Waals surface area contributed by atoms with E-state index in [9.17, 15) is 0 Å². The number of fused-ring (bicyclic) bond motifs is 1. The van der Waals surface area contributed by atoms with Crippen LogP contribution in [0, 0.1) is 13.8 Å². The van der Waals surface area contributed by atoms with Crippen LogP contribution in [0.1, 0.15) is 66.6 Å². The average Bonchev–Trinajstić information content (AvgIpc) is 3.22. The van der Waals surface area contributed by atoms with Gasteiger partial charge in [-0.2, -0.15) is 5.10 Å². The molecule has 1 saturated heterocycles. The second-order valence-electron chi connectivity index (χ2n) is 9.02. The van der Waals surface area contributed by atoms with Crippen LogP contribution in [0.3, 0.4) is 0 Å². The van der Waals surface area contributed by atoms with Gasteiger partial charge < -0.3 is 4.57 Å². The van der Waals surface area contributed by atoms with Crippen LogP contribution in [0.25, 0.3) is 5.69 Å². The summed E-state index contributed by atoms with van der Waals surface area (Å²) in [6, 6.07) is 11.0. The quantitative estimate of drug-likeness (QED) is 0.654. The fourth-order valence-corrected chi connectivity index (χ4v) is 5.11. The molecule has 1 unspecified atom stereocenters. The minimum atomic E-state index is 0.507. The first-order valence-corrected chi connectivity index (χ1v) is 11.4. The molecule has 1 aromatic carbocycles. The predicted octanol–water partition coefficient (Wildman–Crippen LogP) is 4.19. The van der Waals surface area contributed by atoms with Gasteiger partial charge in [0.05, 0.1) is 11.4 Å². The maximum Gasteiger partial charge on any atom is 0.137 e. The smallest absolute Gasteiger partial charge is 0.137 e. The zero-order chi connectivity index (χ0) is 20.5. The highest BCUT2D eigenvalue weighted by Gasteiger charge is 2.27. The van der Waals surface area contributed by atoms with E-state index in [0.717, 1.165) is 44.0 Å². The van der Waals surface area contributed by atoms with Crippen LogP contribution >= 0.6 is 0 Å². The summed E-state index contributed by atoms with van der Waals surface area (Å²) in [6.45, 7) is 8.48. The van der Waals surface area contributed by atoms with Crippen molar-refractivity contribution in [3.8, 4) is 5.69 Å². The Bertz CT molecular complexity index is 999. The summed E-state index contributed by atoms with van der Waals surface area (Å²) in [5.41, 5.74) is 4.72. The summed E-state index contributed by atoms with van der Waals surface area (Å²) in [4.78, 5) is 2.59. The third kappa shape index (κ3) is 3.93. The summed E-state index contributed by atoms with van der Waals surface area (Å²) in [6.07, 6.45) is 7.37. The van der Waals surface area contributed by atoms with Crippen LogP contribution in [-0.2, 0) is 19.5 Å². The minimum Gasteiger partial charge on any atom is -0.315 e. The van der Waals surface area contributed by atoms with E-state index >= 15 is 0 Å². The molecule has 0 saturated carbocycles. The molecule has 2 aliphatic rings. The summed E-state index contributed by atoms with van der Waals surface area (Å²) in [5.74, 6) is 2.95. The second-order valence-corrected chi connectivity index (χ2v) is 9.02. The number of hydrogen-bond acceptors (Lipinski definition) is 4. The molecule has 6 heteroatoms. The fourth-order valence-electron chi connectivity index (χ4n) is 5.11. The van der Waals surface area contributed by atoms with E-state index in [0.29, 0.717) is 5.92 Å². The SMILES string of the molecule is Cc1cc(C)n(-c2ccc(CN3CCCC(c4nnc5n4CCCCC5)C3)cc2)n1. The monoisotopic (exact) mass is 404 g/mol. The number of benzene rings is 1. The van der Waals surface area contributed by atoms with Crippen molar-refractivity contribution in [3.63, 3.8) is 0 Å². The molecule has 1 atom stereocenters. The van der Waals surface area contributed by atoms with Gasteiger partial charge >= 0.3 is 0 Å². The van der Waals surface area contributed by atoms with E-state index in [1.807, 2.05) is 11.6 Å². The van der Waals surface area contributed by atoms with E-state index in [-0.39, 0.29) is 0 Å². The van der Waals surface area contributed by atoms with Gasteiger partial charge in [-0.25, -0.2) is 4.68 Å². The van der Waals surface area contributed by atoms with Gasteiger partial charge in [0.15, 0.2) is 0 Å². The highest BCUT2D eigenvalue weighted by Crippen LogP contribution is 2.29. The molecule has 2 aliphatic heterocycles. The van der Waals surface area contributed by atoms with Gasteiger partial charge in [0.1, 0.15) is 11.6 Å². The number of piperidine rings is 1. The van der Waals surface area contributed by atoms with Crippen LogP contribution in [0.4, 0.5) is 0 Å². The largest absolute Gasteiger partial charge is 0.315 e. The number of nitrogens with zero attached hydrogens (tertiary/aromatic N) is 6. The molecule has 30 heavy (non-hydrogen) atoms. The molecule has 1 fully saturated rings. The molecule has 0 radical (unpaired) electrons. The lowest BCUT2D eigenvalue weighted by Crippen LogP contribution is -2.35. The van der Waals surface area contributed by atoms with Crippen molar-refractivity contribution in [1.82, 2.24) is 29.4 Å². The van der Waals surface area contributed by atoms with E-state index in [4.69, 9.17) is 0 Å². The Balaban J connectivity index is 1.27. The molecule has 2 aromatic heterocycles. The molecule has 5 rings (SSSR count). The third-order valence-electron chi connectivity index (χ3n) is 6.61. The number of rotatable bonds is 4. The van der Waals surface area contributed by atoms with Gasteiger partial charge in [-0.1, -0.05) is 18.6 Å². The van der Waals surface area contributed by atoms with E-state index in [1.165, 1.54) is 55.0 Å². The number of aromatic nitrogens is 5. The Labute approximate surface area is 178 Å². The van der Waals surface area contributed by atoms with Crippen LogP contribution < -0.4 is 0 Å². The Morgan fingerprint density at radius 3 is 2.63 bits per heavy atom. The highest BCUT2D eigenvalue weighted by molar-refractivity contribution is 5.36. The third-order valence-corrected chi connectivity index (χ3v) is 6.61. The topological polar surface area (TPSA) is 51.8 Å². The molecular weight excluding hydrogens is 372 g/mol. The maximum atomic E-state index is 4.64. The van der Waals surface area contributed by atoms with Crippen molar-refractivity contribution in [3.05, 3.63) is 58.9 Å². The highest BCUT2D eigenvalue weighted by atomic mass is 15.3. The van der Waals surface area contributed by atoms with Gasteiger partial charge in [-0.3, -0.25) is 4.90 Å². The van der Waals surface area contributed by atoms with Crippen molar-refractivity contribution in [1.29, 1.82) is 0 Å². The molecule has 6 nitrogen and oxygen atoms in total. The Kier molecular flexibility index (Phi) is 5.42. The van der Waals surface area contributed by atoms with Gasteiger partial charge in [0.25, 0.3) is 0 Å². The van der Waals surface area contributed by atoms with Gasteiger partial charge in [-0.05, 0) is 69.8 Å². The molecule has 0 spiro atoms. The zero-order valence-electron chi connectivity index (χ0n) is 18.2. The van der Waals surface area contributed by atoms with Crippen LogP contribution in [0.15, 0.2) is 30.3 Å². The molecule has 0 N–H and O–H groups in total. The van der Waals surface area contributed by atoms with Crippen molar-refractivity contribution in [2.24, 2.45) is 0 Å². The first kappa shape index (κ1) is 19.5. The van der Waals surface area contributed by atoms with E-state index in [2.05, 4.69) is 62.0 Å². The Morgan fingerprint density at radius 2 is 1.83 bits per heavy atom. The first-order chi connectivity index (χ1) is 14.7. The van der Waals surface area contributed by atoms with E-state index in [1.54, 1.807) is 0 Å². The summed E-state index contributed by atoms with van der Waals surface area (Å²) in [5, 5.41) is 13.8. The predicted molar refractivity (Wildman–Crippen MR) is 118 cm³/mol. The van der Waals surface area contributed by atoms with Gasteiger partial charge in [0.2, 0.25) is 0 Å². The van der Waals surface area contributed by atoms with Crippen molar-refractivity contribution in [2.75, 3.05) is 13.1 Å². The zero-order valence-corrected chi connectivity index (χ0v) is 18.2. The molecule has 0 amide bonds. The number of likely N-dealkylation sites (tertiary alicyclic amines) is 1. The standard InChI is InChI=1S/C24H32N6/c1-18-15-19(2)30(27-18)22-11-9-20(10-12-22)16-28-13-6-7-21(17-28)24-26-25-23-8-4-3-5-14-29(23)24/h9-12,15,21H,3-8,13-14,16-17H2,1-2H3. The molecule has 158 valence electrons. The molecule has 0 aliphatic carbocycles. The fraction of sp³-hybridized carbons (Fsp3) is 0.542. The van der Waals surface area contributed by atoms with Crippen molar-refractivity contribution >= 4 is 0 Å². The maximum absolute atomic E-state index is 4.64. The first-order valence-electron chi connectivity index (χ1n) is 11.4. The van der Waals surface area contributed by atoms with Crippen LogP contribution in [0.2, 0.25) is 0 Å². The minimum absolute atomic E-state index is 0.507. The van der Waals surface area contributed by atoms with E-state index < -0.39 is 0 Å². The lowest BCUT2D eigenvalue weighted by molar-refractivity contribution is 0.194. The lowest BCUT2D eigenvalue weighted by atomic mass is 9.96. The van der Waals surface area contributed by atoms with Crippen molar-refractivity contribution in [2.45, 2.75) is 71.4 Å². The lowest BCUT2D eigenvalue weighted by Gasteiger charge is -2.32. The Morgan fingerprint density at radius 1 is 0.967 bits per heavy atom. The summed E-state index contributed by atoms with van der Waals surface area (Å²) < 4.78 is 4.46. The normalized spacial score (nSPS) is 20.1. The molecule has 4 heterocycles. The Hall–Kier alpha value is -2.47. The molecule has 0 bridgehead atoms. The summed E-state index contributed by atoms with van der Waals surface area (Å²) in [7, 11) is 0. The average molecular weight is 405 g/mol. The number of aryl methyl sites for hydroxylation is 3.